The minimum atomic E-state index is 0.853. The van der Waals surface area contributed by atoms with Gasteiger partial charge in [0.2, 0.25) is 0 Å². The van der Waals surface area contributed by atoms with Gasteiger partial charge in [-0.2, -0.15) is 0 Å². The van der Waals surface area contributed by atoms with Crippen LogP contribution in [0.3, 0.4) is 0 Å². The van der Waals surface area contributed by atoms with Crippen molar-refractivity contribution in [2.24, 2.45) is 11.3 Å². The highest BCUT2D eigenvalue weighted by Crippen LogP contribution is 2.53. The van der Waals surface area contributed by atoms with Gasteiger partial charge in [-0.3, -0.25) is 0 Å². The molecule has 76 valence electrons. The molecule has 0 radical (unpaired) electrons. The maximum absolute atomic E-state index is 2.68. The zero-order valence-electron chi connectivity index (χ0n) is 9.18. The molecule has 0 aromatic rings. The third kappa shape index (κ3) is 2.25. The number of hydrogen-bond acceptors (Lipinski definition) is 1. The van der Waals surface area contributed by atoms with Gasteiger partial charge in [0.05, 0.1) is 0 Å². The summed E-state index contributed by atoms with van der Waals surface area (Å²) in [7, 11) is 0. The van der Waals surface area contributed by atoms with Gasteiger partial charge in [-0.15, -0.1) is 0 Å². The number of rotatable bonds is 3. The number of hydrogen-bond donors (Lipinski definition) is 0. The molecule has 2 fully saturated rings. The summed E-state index contributed by atoms with van der Waals surface area (Å²) in [6, 6.07) is 0. The van der Waals surface area contributed by atoms with E-state index >= 15 is 0 Å². The van der Waals surface area contributed by atoms with E-state index in [-0.39, 0.29) is 0 Å². The molecule has 1 heterocycles. The molecule has 0 aromatic carbocycles. The summed E-state index contributed by atoms with van der Waals surface area (Å²) in [6.45, 7) is 8.78. The van der Waals surface area contributed by atoms with Crippen molar-refractivity contribution in [1.29, 1.82) is 0 Å². The Bertz CT molecular complexity index is 162. The second-order valence-electron chi connectivity index (χ2n) is 5.31. The summed E-state index contributed by atoms with van der Waals surface area (Å²) in [5.74, 6) is 0.897. The maximum Gasteiger partial charge on any atom is 0.000692 e. The van der Waals surface area contributed by atoms with E-state index in [0.29, 0.717) is 0 Å². The SMILES string of the molecule is CC[C@@H](C)CN1CCC2(CC1)CC2. The lowest BCUT2D eigenvalue weighted by Crippen LogP contribution is -2.37. The molecule has 13 heavy (non-hydrogen) atoms. The molecule has 1 aliphatic carbocycles. The maximum atomic E-state index is 2.68. The van der Waals surface area contributed by atoms with Crippen LogP contribution < -0.4 is 0 Å². The Morgan fingerprint density at radius 3 is 2.23 bits per heavy atom. The molecule has 1 aliphatic heterocycles. The third-order valence-electron chi connectivity index (χ3n) is 4.14. The zero-order valence-corrected chi connectivity index (χ0v) is 9.18. The minimum absolute atomic E-state index is 0.853. The summed E-state index contributed by atoms with van der Waals surface area (Å²) in [4.78, 5) is 2.68. The van der Waals surface area contributed by atoms with Crippen molar-refractivity contribution < 1.29 is 0 Å². The third-order valence-corrected chi connectivity index (χ3v) is 4.14. The highest BCUT2D eigenvalue weighted by atomic mass is 15.1. The van der Waals surface area contributed by atoms with Crippen LogP contribution in [0, 0.1) is 11.3 Å². The molecule has 1 nitrogen and oxygen atoms in total. The van der Waals surface area contributed by atoms with E-state index in [4.69, 9.17) is 0 Å². The first-order valence-corrected chi connectivity index (χ1v) is 5.96. The Labute approximate surface area is 82.5 Å². The molecule has 2 rings (SSSR count). The van der Waals surface area contributed by atoms with Crippen molar-refractivity contribution in [3.05, 3.63) is 0 Å². The second-order valence-corrected chi connectivity index (χ2v) is 5.31. The predicted molar refractivity (Wildman–Crippen MR) is 56.8 cm³/mol. The van der Waals surface area contributed by atoms with Gasteiger partial charge in [0, 0.05) is 6.54 Å². The first-order valence-electron chi connectivity index (χ1n) is 5.96. The lowest BCUT2D eigenvalue weighted by molar-refractivity contribution is 0.153. The average Bonchev–Trinajstić information content (AvgIpc) is 2.90. The normalized spacial score (nSPS) is 29.1. The summed E-state index contributed by atoms with van der Waals surface area (Å²) in [5.41, 5.74) is 0.853. The number of likely N-dealkylation sites (tertiary alicyclic amines) is 1. The molecule has 0 aromatic heterocycles. The van der Waals surface area contributed by atoms with Gasteiger partial charge in [-0.05, 0) is 50.1 Å². The Hall–Kier alpha value is -0.0400. The first-order chi connectivity index (χ1) is 6.24. The van der Waals surface area contributed by atoms with Gasteiger partial charge in [0.15, 0.2) is 0 Å². The second kappa shape index (κ2) is 3.61. The monoisotopic (exact) mass is 181 g/mol. The van der Waals surface area contributed by atoms with Gasteiger partial charge >= 0.3 is 0 Å². The van der Waals surface area contributed by atoms with Crippen LogP contribution in [-0.4, -0.2) is 24.5 Å². The van der Waals surface area contributed by atoms with Gasteiger partial charge in [-0.25, -0.2) is 0 Å². The molecule has 1 saturated carbocycles. The van der Waals surface area contributed by atoms with Crippen molar-refractivity contribution in [1.82, 2.24) is 4.90 Å². The van der Waals surface area contributed by atoms with E-state index in [1.165, 1.54) is 51.7 Å². The van der Waals surface area contributed by atoms with E-state index in [9.17, 15) is 0 Å². The van der Waals surface area contributed by atoms with Crippen LogP contribution in [0.15, 0.2) is 0 Å². The standard InChI is InChI=1S/C12H23N/c1-3-11(2)10-13-8-6-12(4-5-12)7-9-13/h11H,3-10H2,1-2H3/t11-/m1/s1. The van der Waals surface area contributed by atoms with E-state index in [2.05, 4.69) is 18.7 Å². The smallest absolute Gasteiger partial charge is 0.000692 e. The lowest BCUT2D eigenvalue weighted by atomic mass is 9.93. The zero-order chi connectivity index (χ0) is 9.31. The van der Waals surface area contributed by atoms with Crippen molar-refractivity contribution in [2.75, 3.05) is 19.6 Å². The minimum Gasteiger partial charge on any atom is -0.303 e. The van der Waals surface area contributed by atoms with Crippen molar-refractivity contribution in [3.63, 3.8) is 0 Å². The van der Waals surface area contributed by atoms with Gasteiger partial charge in [0.25, 0.3) is 0 Å². The molecule has 2 aliphatic rings. The predicted octanol–water partition coefficient (Wildman–Crippen LogP) is 2.91. The molecule has 1 atom stereocenters. The van der Waals surface area contributed by atoms with Crippen LogP contribution in [0.2, 0.25) is 0 Å². The summed E-state index contributed by atoms with van der Waals surface area (Å²) in [6.07, 6.45) is 7.38. The highest BCUT2D eigenvalue weighted by molar-refractivity contribution is 4.96. The molecule has 1 saturated heterocycles. The summed E-state index contributed by atoms with van der Waals surface area (Å²) < 4.78 is 0. The molecular weight excluding hydrogens is 158 g/mol. The number of nitrogens with zero attached hydrogens (tertiary/aromatic N) is 1. The molecule has 0 N–H and O–H groups in total. The highest BCUT2D eigenvalue weighted by Gasteiger charge is 2.44. The Kier molecular flexibility index (Phi) is 2.64. The lowest BCUT2D eigenvalue weighted by Gasteiger charge is -2.33. The molecule has 1 heteroatoms. The summed E-state index contributed by atoms with van der Waals surface area (Å²) >= 11 is 0. The Balaban J connectivity index is 1.71. The van der Waals surface area contributed by atoms with Crippen LogP contribution in [0.1, 0.15) is 46.0 Å². The fourth-order valence-electron chi connectivity index (χ4n) is 2.46. The van der Waals surface area contributed by atoms with Crippen LogP contribution in [-0.2, 0) is 0 Å². The van der Waals surface area contributed by atoms with E-state index in [0.717, 1.165) is 11.3 Å². The Morgan fingerprint density at radius 1 is 1.15 bits per heavy atom. The average molecular weight is 181 g/mol. The Morgan fingerprint density at radius 2 is 1.77 bits per heavy atom. The van der Waals surface area contributed by atoms with Gasteiger partial charge in [0.1, 0.15) is 0 Å². The van der Waals surface area contributed by atoms with Gasteiger partial charge < -0.3 is 4.90 Å². The van der Waals surface area contributed by atoms with E-state index in [1.54, 1.807) is 0 Å². The molecular formula is C12H23N. The fourth-order valence-corrected chi connectivity index (χ4v) is 2.46. The van der Waals surface area contributed by atoms with Crippen molar-refractivity contribution >= 4 is 0 Å². The summed E-state index contributed by atoms with van der Waals surface area (Å²) in [5, 5.41) is 0. The van der Waals surface area contributed by atoms with Crippen molar-refractivity contribution in [2.45, 2.75) is 46.0 Å². The fraction of sp³-hybridized carbons (Fsp3) is 1.00. The van der Waals surface area contributed by atoms with Gasteiger partial charge in [-0.1, -0.05) is 20.3 Å². The topological polar surface area (TPSA) is 3.24 Å². The quantitative estimate of drug-likeness (QED) is 0.647. The first kappa shape index (κ1) is 9.51. The molecule has 0 bridgehead atoms. The van der Waals surface area contributed by atoms with E-state index in [1.807, 2.05) is 0 Å². The number of piperidine rings is 1. The van der Waals surface area contributed by atoms with Crippen molar-refractivity contribution in [3.8, 4) is 0 Å². The molecule has 1 spiro atoms. The van der Waals surface area contributed by atoms with Crippen LogP contribution in [0.25, 0.3) is 0 Å². The van der Waals surface area contributed by atoms with E-state index < -0.39 is 0 Å². The van der Waals surface area contributed by atoms with Crippen LogP contribution in [0.5, 0.6) is 0 Å². The van der Waals surface area contributed by atoms with Crippen LogP contribution in [0.4, 0.5) is 0 Å². The van der Waals surface area contributed by atoms with Crippen LogP contribution >= 0.6 is 0 Å². The largest absolute Gasteiger partial charge is 0.303 e. The molecule has 0 amide bonds. The molecule has 0 unspecified atom stereocenters.